The van der Waals surface area contributed by atoms with Crippen LogP contribution in [-0.2, 0) is 0 Å². The van der Waals surface area contributed by atoms with E-state index in [-0.39, 0.29) is 0 Å². The van der Waals surface area contributed by atoms with Crippen LogP contribution in [0.25, 0.3) is 0 Å². The Morgan fingerprint density at radius 2 is 0.310 bits per heavy atom. The molecule has 1 aliphatic rings. The summed E-state index contributed by atoms with van der Waals surface area (Å²) in [5, 5.41) is 0. The van der Waals surface area contributed by atoms with Crippen LogP contribution in [0.2, 0.25) is 0 Å². The first-order valence-corrected chi connectivity index (χ1v) is 47.8. The van der Waals surface area contributed by atoms with Crippen LogP contribution in [0.3, 0.4) is 0 Å². The minimum atomic E-state index is -4.53. The van der Waals surface area contributed by atoms with Crippen molar-refractivity contribution in [3.8, 4) is 69.0 Å². The Bertz CT molecular complexity index is 4810. The van der Waals surface area contributed by atoms with E-state index in [1.807, 2.05) is 218 Å². The van der Waals surface area contributed by atoms with E-state index in [4.69, 9.17) is 99.1 Å². The highest BCUT2D eigenvalue weighted by Gasteiger charge is 2.49. The third-order valence-corrected chi connectivity index (χ3v) is 27.2. The lowest BCUT2D eigenvalue weighted by Gasteiger charge is -2.33. The molecule has 1 heterocycles. The summed E-state index contributed by atoms with van der Waals surface area (Å²) in [6, 6.07) is 90.4. The number of ether oxygens (including phenoxy) is 6. The number of hydrogen-bond donors (Lipinski definition) is 0. The van der Waals surface area contributed by atoms with E-state index in [9.17, 15) is 0 Å². The van der Waals surface area contributed by atoms with Gasteiger partial charge < -0.3 is 55.6 Å². The van der Waals surface area contributed by atoms with Crippen molar-refractivity contribution in [2.24, 2.45) is 43.5 Å². The van der Waals surface area contributed by atoms with Gasteiger partial charge in [0.2, 0.25) is 0 Å². The molecule has 0 aromatic heterocycles. The van der Waals surface area contributed by atoms with Crippen molar-refractivity contribution in [3.63, 3.8) is 0 Å². The summed E-state index contributed by atoms with van der Waals surface area (Å²) < 4.78 is 97.7. The molecule has 0 saturated carbocycles. The Hall–Kier alpha value is -13.1. The summed E-state index contributed by atoms with van der Waals surface area (Å²) >= 11 is 0. The molecule has 0 radical (unpaired) electrons. The average molecular weight is 1740 g/mol. The van der Waals surface area contributed by atoms with E-state index in [1.165, 1.54) is 0 Å². The fourth-order valence-corrected chi connectivity index (χ4v) is 21.0. The topological polar surface area (TPSA) is 222 Å². The molecule has 0 aliphatic carbocycles. The van der Waals surface area contributed by atoms with Crippen LogP contribution in [0.4, 0.5) is 34.1 Å². The molecule has 1 aliphatic heterocycles. The van der Waals surface area contributed by atoms with E-state index in [1.54, 1.807) is 110 Å². The van der Waals surface area contributed by atoms with Gasteiger partial charge in [-0.15, -0.1) is 0 Å². The highest BCUT2D eigenvalue weighted by molar-refractivity contribution is 7.79. The molecule has 0 N–H and O–H groups in total. The Morgan fingerprint density at radius 3 is 0.437 bits per heavy atom. The van der Waals surface area contributed by atoms with Gasteiger partial charge in [0.1, 0.15) is 69.0 Å². The molecular formula is C102H108N9O12P3. The number of aliphatic imine (C=N–C) groups is 6. The van der Waals surface area contributed by atoms with E-state index < -0.39 is 23.0 Å². The van der Waals surface area contributed by atoms with Crippen molar-refractivity contribution in [2.75, 3.05) is 39.6 Å². The standard InChI is InChI=1S/C102H108N9O12P3/c1-7-13-67-112-91-55-31-85(32-56-91)103-73-79-19-43-97(44-20-79)118-124(119-98-45-21-80(22-46-98)74-104-86-33-57-92(58-34-86)113-68-14-8-2)109-125(120-99-47-23-81(24-48-99)75-105-87-35-59-93(60-36-87)114-69-15-9-3,121-100-49-25-82(26-50-100)76-106-88-37-61-94(62-38-88)115-70-16-10-4)111-126(110-124,122-101-51-27-83(28-52-101)77-107-89-39-63-95(64-40-89)116-71-17-11-5)123-102-53-29-84(30-54-102)78-108-90-41-65-96(66-42-90)117-72-18-12-6/h19-66,73-78H,7-18,67-72H2,1-6H3. The zero-order chi connectivity index (χ0) is 87.1. The van der Waals surface area contributed by atoms with Gasteiger partial charge in [0, 0.05) is 37.3 Å². The maximum absolute atomic E-state index is 7.49. The lowest BCUT2D eigenvalue weighted by Crippen LogP contribution is -2.11. The molecule has 12 aromatic carbocycles. The van der Waals surface area contributed by atoms with Crippen molar-refractivity contribution in [1.82, 2.24) is 0 Å². The Balaban J connectivity index is 0.969. The highest BCUT2D eigenvalue weighted by atomic mass is 31.3. The molecule has 12 aromatic rings. The molecule has 24 heteroatoms. The number of unbranched alkanes of at least 4 members (excludes halogenated alkanes) is 6. The third kappa shape index (κ3) is 29.0. The van der Waals surface area contributed by atoms with E-state index in [2.05, 4.69) is 41.5 Å². The molecule has 13 rings (SSSR count). The molecular weight excluding hydrogens is 1640 g/mol. The fourth-order valence-electron chi connectivity index (χ4n) is 11.9. The van der Waals surface area contributed by atoms with Gasteiger partial charge in [0.05, 0.1) is 73.8 Å². The Morgan fingerprint density at radius 1 is 0.183 bits per heavy atom. The fraction of sp³-hybridized carbons (Fsp3) is 0.235. The van der Waals surface area contributed by atoms with Crippen molar-refractivity contribution in [3.05, 3.63) is 325 Å². The predicted octanol–water partition coefficient (Wildman–Crippen LogP) is 29.9. The van der Waals surface area contributed by atoms with Gasteiger partial charge in [0.15, 0.2) is 0 Å². The number of benzene rings is 12. The SMILES string of the molecule is CCCCOc1ccc(N=Cc2ccc(OP3(Oc4ccc(C=Nc5ccc(OCCCC)cc5)cc4)=NP(Oc4ccc(C=Nc5ccc(OCCCC)cc5)cc4)(Oc4ccc(C=Nc5ccc(OCCCC)cc5)cc4)=NP(Oc4ccc(C=Nc5ccc(OCCCC)cc5)cc4)(Oc4ccc(C=Nc5ccc(OCCCC)cc5)cc4)=N3)cc2)cc1. The van der Waals surface area contributed by atoms with Crippen molar-refractivity contribution in [2.45, 2.75) is 119 Å². The molecule has 648 valence electrons. The molecule has 0 unspecified atom stereocenters. The second kappa shape index (κ2) is 47.7. The van der Waals surface area contributed by atoms with Crippen LogP contribution in [0.5, 0.6) is 69.0 Å². The molecule has 0 spiro atoms. The normalized spacial score (nSPS) is 15.6. The molecule has 0 fully saturated rings. The van der Waals surface area contributed by atoms with Gasteiger partial charge in [0.25, 0.3) is 0 Å². The quantitative estimate of drug-likeness (QED) is 0.0197. The van der Waals surface area contributed by atoms with Crippen LogP contribution in [0, 0.1) is 0 Å². The van der Waals surface area contributed by atoms with Gasteiger partial charge in [-0.1, -0.05) is 93.6 Å². The Kier molecular flexibility index (Phi) is 34.3. The summed E-state index contributed by atoms with van der Waals surface area (Å²) in [4.78, 5) is 29.1. The van der Waals surface area contributed by atoms with Crippen LogP contribution in [0.15, 0.2) is 335 Å². The van der Waals surface area contributed by atoms with Gasteiger partial charge >= 0.3 is 23.0 Å². The van der Waals surface area contributed by atoms with Gasteiger partial charge in [-0.25, -0.2) is 0 Å². The predicted molar refractivity (Wildman–Crippen MR) is 515 cm³/mol. The van der Waals surface area contributed by atoms with Crippen LogP contribution in [0.1, 0.15) is 152 Å². The van der Waals surface area contributed by atoms with Crippen LogP contribution < -0.4 is 55.6 Å². The average Bonchev–Trinajstić information content (AvgIpc) is 0.728. The lowest BCUT2D eigenvalue weighted by molar-refractivity contribution is 0.309. The molecule has 0 amide bonds. The van der Waals surface area contributed by atoms with E-state index in [0.29, 0.717) is 74.1 Å². The maximum atomic E-state index is 7.49. The summed E-state index contributed by atoms with van der Waals surface area (Å²) in [5.74, 6) is 6.42. The second-order valence-corrected chi connectivity index (χ2v) is 35.6. The van der Waals surface area contributed by atoms with Crippen LogP contribution >= 0.6 is 23.0 Å². The first-order chi connectivity index (χ1) is 61.9. The largest absolute Gasteiger partial charge is 0.494 e. The Labute approximate surface area is 740 Å². The molecule has 126 heavy (non-hydrogen) atoms. The van der Waals surface area contributed by atoms with Crippen molar-refractivity contribution >= 4 is 94.4 Å². The van der Waals surface area contributed by atoms with Gasteiger partial charge in [-0.05, 0) is 363 Å². The highest BCUT2D eigenvalue weighted by Crippen LogP contribution is 2.79. The van der Waals surface area contributed by atoms with Gasteiger partial charge in [-0.2, -0.15) is 0 Å². The molecule has 0 atom stereocenters. The molecule has 21 nitrogen and oxygen atoms in total. The number of hydrogen-bond acceptors (Lipinski definition) is 21. The zero-order valence-corrected chi connectivity index (χ0v) is 74.9. The monoisotopic (exact) mass is 1740 g/mol. The van der Waals surface area contributed by atoms with Crippen molar-refractivity contribution < 1.29 is 55.6 Å². The van der Waals surface area contributed by atoms with Crippen molar-refractivity contribution in [1.29, 1.82) is 0 Å². The summed E-state index contributed by atoms with van der Waals surface area (Å²) in [6.45, 7) is 16.7. The van der Waals surface area contributed by atoms with Gasteiger partial charge in [-0.3, -0.25) is 30.0 Å². The zero-order valence-electron chi connectivity index (χ0n) is 72.2. The summed E-state index contributed by atoms with van der Waals surface area (Å²) in [5.41, 5.74) is 9.01. The molecule has 0 saturated heterocycles. The number of nitrogens with zero attached hydrogens (tertiary/aromatic N) is 9. The maximum Gasteiger partial charge on any atom is 0.460 e. The summed E-state index contributed by atoms with van der Waals surface area (Å²) in [6.07, 6.45) is 22.7. The summed E-state index contributed by atoms with van der Waals surface area (Å²) in [7, 11) is -13.6. The van der Waals surface area contributed by atoms with E-state index in [0.717, 1.165) is 179 Å². The van der Waals surface area contributed by atoms with E-state index >= 15 is 0 Å². The minimum absolute atomic E-state index is 0.291. The lowest BCUT2D eigenvalue weighted by atomic mass is 10.2. The van der Waals surface area contributed by atoms with Crippen LogP contribution in [-0.4, -0.2) is 76.9 Å². The first-order valence-electron chi connectivity index (χ1n) is 43.2. The number of rotatable bonds is 48. The third-order valence-electron chi connectivity index (χ3n) is 19.1. The second-order valence-electron chi connectivity index (χ2n) is 29.4. The minimum Gasteiger partial charge on any atom is -0.494 e. The first kappa shape index (κ1) is 90.7. The smallest absolute Gasteiger partial charge is 0.460 e. The molecule has 0 bridgehead atoms.